The first kappa shape index (κ1) is 20.7. The summed E-state index contributed by atoms with van der Waals surface area (Å²) >= 11 is 0. The van der Waals surface area contributed by atoms with Crippen LogP contribution in [0.5, 0.6) is 0 Å². The maximum Gasteiger partial charge on any atom is 0.256 e. The summed E-state index contributed by atoms with van der Waals surface area (Å²) in [6.45, 7) is 4.42. The largest absolute Gasteiger partial charge is 0.377 e. The van der Waals surface area contributed by atoms with Crippen LogP contribution in [0.3, 0.4) is 0 Å². The highest BCUT2D eigenvalue weighted by Gasteiger charge is 2.40. The Morgan fingerprint density at radius 2 is 1.82 bits per heavy atom. The molecule has 0 aliphatic carbocycles. The van der Waals surface area contributed by atoms with Gasteiger partial charge in [-0.1, -0.05) is 23.8 Å². The highest BCUT2D eigenvalue weighted by Crippen LogP contribution is 2.28. The number of hydrogen-bond donors (Lipinski definition) is 0. The van der Waals surface area contributed by atoms with Crippen LogP contribution in [0.25, 0.3) is 16.7 Å². The van der Waals surface area contributed by atoms with Crippen LogP contribution in [-0.2, 0) is 4.74 Å². The fraction of sp³-hybridized carbons (Fsp3) is 0.320. The van der Waals surface area contributed by atoms with Crippen molar-refractivity contribution in [3.63, 3.8) is 0 Å². The quantitative estimate of drug-likeness (QED) is 0.469. The number of aromatic nitrogens is 5. The molecule has 172 valence electrons. The average Bonchev–Trinajstić information content (AvgIpc) is 3.37. The Kier molecular flexibility index (Phi) is 5.18. The van der Waals surface area contributed by atoms with E-state index in [0.717, 1.165) is 35.4 Å². The van der Waals surface area contributed by atoms with Crippen LogP contribution in [0.4, 0.5) is 5.82 Å². The summed E-state index contributed by atoms with van der Waals surface area (Å²) in [5, 5.41) is 8.52. The zero-order valence-corrected chi connectivity index (χ0v) is 18.9. The fourth-order valence-corrected chi connectivity index (χ4v) is 4.93. The molecule has 2 aromatic carbocycles. The van der Waals surface area contributed by atoms with E-state index in [-0.39, 0.29) is 18.0 Å². The van der Waals surface area contributed by atoms with Crippen molar-refractivity contribution in [1.29, 1.82) is 0 Å². The molecule has 2 aliphatic rings. The lowest BCUT2D eigenvalue weighted by Gasteiger charge is -2.40. The van der Waals surface area contributed by atoms with Gasteiger partial charge in [0.2, 0.25) is 0 Å². The lowest BCUT2D eigenvalue weighted by atomic mass is 10.0. The number of anilines is 1. The van der Waals surface area contributed by atoms with E-state index in [1.165, 1.54) is 4.80 Å². The molecule has 9 heteroatoms. The van der Waals surface area contributed by atoms with Crippen LogP contribution < -0.4 is 4.90 Å². The predicted molar refractivity (Wildman–Crippen MR) is 127 cm³/mol. The number of fused-ring (bicyclic) bond motifs is 3. The van der Waals surface area contributed by atoms with Gasteiger partial charge in [-0.05, 0) is 37.6 Å². The highest BCUT2D eigenvalue weighted by atomic mass is 16.5. The summed E-state index contributed by atoms with van der Waals surface area (Å²) in [6.07, 6.45) is 5.85. The minimum Gasteiger partial charge on any atom is -0.377 e. The minimum atomic E-state index is -0.0963. The van der Waals surface area contributed by atoms with Crippen molar-refractivity contribution >= 4 is 22.8 Å². The second kappa shape index (κ2) is 8.49. The number of carbonyl (C=O) groups is 1. The summed E-state index contributed by atoms with van der Waals surface area (Å²) in [7, 11) is 0. The Balaban J connectivity index is 1.34. The van der Waals surface area contributed by atoms with E-state index in [2.05, 4.69) is 20.1 Å². The van der Waals surface area contributed by atoms with Gasteiger partial charge in [-0.2, -0.15) is 15.0 Å². The van der Waals surface area contributed by atoms with Gasteiger partial charge in [0.25, 0.3) is 5.91 Å². The second-order valence-electron chi connectivity index (χ2n) is 8.85. The predicted octanol–water partition coefficient (Wildman–Crippen LogP) is 2.64. The Bertz CT molecular complexity index is 1340. The van der Waals surface area contributed by atoms with Gasteiger partial charge in [0.05, 0.1) is 66.2 Å². The molecule has 0 spiro atoms. The highest BCUT2D eigenvalue weighted by molar-refractivity contribution is 5.98. The van der Waals surface area contributed by atoms with E-state index >= 15 is 0 Å². The minimum absolute atomic E-state index is 0.0105. The lowest BCUT2D eigenvalue weighted by molar-refractivity contribution is -0.0293. The summed E-state index contributed by atoms with van der Waals surface area (Å²) in [5.74, 6) is 0.816. The molecule has 0 N–H and O–H groups in total. The average molecular weight is 456 g/mol. The molecule has 34 heavy (non-hydrogen) atoms. The maximum atomic E-state index is 14.0. The van der Waals surface area contributed by atoms with Gasteiger partial charge in [-0.3, -0.25) is 9.78 Å². The van der Waals surface area contributed by atoms with Crippen molar-refractivity contribution in [3.05, 3.63) is 72.2 Å². The number of nitrogens with zero attached hydrogens (tertiary/aromatic N) is 7. The van der Waals surface area contributed by atoms with Crippen molar-refractivity contribution in [2.75, 3.05) is 31.2 Å². The number of carbonyl (C=O) groups excluding carboxylic acids is 1. The molecule has 2 atom stereocenters. The van der Waals surface area contributed by atoms with E-state index in [1.54, 1.807) is 12.4 Å². The first-order chi connectivity index (χ1) is 16.7. The van der Waals surface area contributed by atoms with E-state index < -0.39 is 0 Å². The monoisotopic (exact) mass is 455 g/mol. The molecule has 1 amide bonds. The molecule has 2 unspecified atom stereocenters. The number of amides is 1. The van der Waals surface area contributed by atoms with Gasteiger partial charge in [0, 0.05) is 13.1 Å². The normalized spacial score (nSPS) is 20.4. The van der Waals surface area contributed by atoms with Gasteiger partial charge in [-0.15, -0.1) is 0 Å². The first-order valence-electron chi connectivity index (χ1n) is 11.5. The SMILES string of the molecule is Cc1ccc(-n2nccn2)c(C(=O)N2C3CCN(c4cnc5ccccc5n4)CC2COC3)c1. The number of morpholine rings is 1. The molecule has 2 aliphatic heterocycles. The van der Waals surface area contributed by atoms with Crippen molar-refractivity contribution in [2.45, 2.75) is 25.4 Å². The van der Waals surface area contributed by atoms with Crippen molar-refractivity contribution in [2.24, 2.45) is 0 Å². The van der Waals surface area contributed by atoms with Crippen molar-refractivity contribution in [3.8, 4) is 5.69 Å². The molecule has 4 heterocycles. The number of benzene rings is 2. The molecule has 0 saturated carbocycles. The van der Waals surface area contributed by atoms with E-state index in [4.69, 9.17) is 9.72 Å². The Morgan fingerprint density at radius 3 is 2.68 bits per heavy atom. The third-order valence-corrected chi connectivity index (χ3v) is 6.58. The number of hydrogen-bond acceptors (Lipinski definition) is 7. The lowest BCUT2D eigenvalue weighted by Crippen LogP contribution is -2.56. The Hall–Kier alpha value is -3.85. The van der Waals surface area contributed by atoms with Gasteiger partial charge in [0.15, 0.2) is 0 Å². The van der Waals surface area contributed by atoms with Crippen LogP contribution in [-0.4, -0.2) is 74.2 Å². The zero-order valence-electron chi connectivity index (χ0n) is 18.9. The summed E-state index contributed by atoms with van der Waals surface area (Å²) in [6, 6.07) is 13.6. The van der Waals surface area contributed by atoms with Gasteiger partial charge in [0.1, 0.15) is 5.82 Å². The van der Waals surface area contributed by atoms with E-state index in [1.807, 2.05) is 60.5 Å². The molecule has 2 saturated heterocycles. The topological polar surface area (TPSA) is 89.3 Å². The molecule has 2 bridgehead atoms. The molecule has 2 aromatic heterocycles. The van der Waals surface area contributed by atoms with Crippen LogP contribution >= 0.6 is 0 Å². The number of aryl methyl sites for hydroxylation is 1. The summed E-state index contributed by atoms with van der Waals surface area (Å²) in [5.41, 5.74) is 4.04. The first-order valence-corrected chi connectivity index (χ1v) is 11.5. The molecule has 2 fully saturated rings. The number of ether oxygens (including phenoxy) is 1. The van der Waals surface area contributed by atoms with Crippen molar-refractivity contribution in [1.82, 2.24) is 29.9 Å². The molecular formula is C25H25N7O2. The molecule has 0 radical (unpaired) electrons. The third-order valence-electron chi connectivity index (χ3n) is 6.58. The number of para-hydroxylation sites is 2. The van der Waals surface area contributed by atoms with Gasteiger partial charge < -0.3 is 14.5 Å². The fourth-order valence-electron chi connectivity index (χ4n) is 4.93. The van der Waals surface area contributed by atoms with Crippen LogP contribution in [0.1, 0.15) is 22.3 Å². The summed E-state index contributed by atoms with van der Waals surface area (Å²) in [4.78, 5) is 29.2. The summed E-state index contributed by atoms with van der Waals surface area (Å²) < 4.78 is 5.93. The van der Waals surface area contributed by atoms with Gasteiger partial charge >= 0.3 is 0 Å². The second-order valence-corrected chi connectivity index (χ2v) is 8.85. The van der Waals surface area contributed by atoms with E-state index in [0.29, 0.717) is 31.0 Å². The Morgan fingerprint density at radius 1 is 1.03 bits per heavy atom. The zero-order chi connectivity index (χ0) is 23.1. The molecule has 9 nitrogen and oxygen atoms in total. The third kappa shape index (κ3) is 3.67. The maximum absolute atomic E-state index is 14.0. The number of rotatable bonds is 3. The smallest absolute Gasteiger partial charge is 0.256 e. The Labute approximate surface area is 197 Å². The van der Waals surface area contributed by atoms with Crippen LogP contribution in [0.15, 0.2) is 61.1 Å². The molecular weight excluding hydrogens is 430 g/mol. The van der Waals surface area contributed by atoms with Crippen molar-refractivity contribution < 1.29 is 9.53 Å². The van der Waals surface area contributed by atoms with Gasteiger partial charge in [-0.25, -0.2) is 4.98 Å². The standard InChI is InChI=1S/C25H25N7O2/c1-17-6-7-23(32-27-9-10-28-32)20(12-17)25(33)31-18-8-11-30(14-19(31)16-34-15-18)24-13-26-21-4-2-3-5-22(21)29-24/h2-7,9-10,12-13,18-19H,8,11,14-16H2,1H3. The molecule has 6 rings (SSSR count). The van der Waals surface area contributed by atoms with Crippen LogP contribution in [0, 0.1) is 6.92 Å². The molecule has 4 aromatic rings. The van der Waals surface area contributed by atoms with E-state index in [9.17, 15) is 4.79 Å². The van der Waals surface area contributed by atoms with Crippen LogP contribution in [0.2, 0.25) is 0 Å².